The predicted octanol–water partition coefficient (Wildman–Crippen LogP) is 2.55. The number of hydrogen-bond donors (Lipinski definition) is 1. The van der Waals surface area contributed by atoms with Crippen LogP contribution < -0.4 is 5.32 Å². The minimum Gasteiger partial charge on any atom is -0.329 e. The molecule has 108 valence electrons. The second kappa shape index (κ2) is 6.03. The molecule has 0 aliphatic carbocycles. The Labute approximate surface area is 118 Å². The summed E-state index contributed by atoms with van der Waals surface area (Å²) in [6.07, 6.45) is 2.91. The zero-order valence-corrected chi connectivity index (χ0v) is 11.7. The molecule has 2 rings (SSSR count). The second-order valence-electron chi connectivity index (χ2n) is 5.30. The molecule has 4 nitrogen and oxygen atoms in total. The van der Waals surface area contributed by atoms with Crippen LogP contribution in [0.15, 0.2) is 24.3 Å². The predicted molar refractivity (Wildman–Crippen MR) is 74.7 cm³/mol. The molecule has 0 aromatic heterocycles. The average Bonchev–Trinajstić information content (AvgIpc) is 2.41. The number of amides is 2. The molecule has 1 aliphatic heterocycles. The molecule has 2 unspecified atom stereocenters. The van der Waals surface area contributed by atoms with E-state index < -0.39 is 11.8 Å². The molecule has 20 heavy (non-hydrogen) atoms. The molecule has 0 radical (unpaired) electrons. The number of halogens is 1. The number of likely N-dealkylation sites (tertiary alicyclic amines) is 1. The van der Waals surface area contributed by atoms with Gasteiger partial charge in [0.15, 0.2) is 0 Å². The van der Waals surface area contributed by atoms with Gasteiger partial charge in [0.05, 0.1) is 0 Å². The quantitative estimate of drug-likeness (QED) is 0.803. The lowest BCUT2D eigenvalue weighted by Crippen LogP contribution is -2.51. The van der Waals surface area contributed by atoms with E-state index in [-0.39, 0.29) is 17.9 Å². The molecule has 1 saturated heterocycles. The third-order valence-electron chi connectivity index (χ3n) is 3.72. The monoisotopic (exact) mass is 278 g/mol. The van der Waals surface area contributed by atoms with E-state index >= 15 is 0 Å². The van der Waals surface area contributed by atoms with Crippen LogP contribution in [0.5, 0.6) is 0 Å². The number of anilines is 1. The van der Waals surface area contributed by atoms with Crippen molar-refractivity contribution < 1.29 is 14.0 Å². The normalized spacial score (nSPS) is 22.4. The third-order valence-corrected chi connectivity index (χ3v) is 3.72. The molecule has 0 bridgehead atoms. The van der Waals surface area contributed by atoms with Crippen molar-refractivity contribution in [2.75, 3.05) is 5.32 Å². The maximum atomic E-state index is 12.8. The zero-order valence-electron chi connectivity index (χ0n) is 11.7. The number of hydrogen-bond acceptors (Lipinski definition) is 2. The van der Waals surface area contributed by atoms with E-state index in [4.69, 9.17) is 0 Å². The Morgan fingerprint density at radius 3 is 2.25 bits per heavy atom. The molecule has 1 aliphatic rings. The molecule has 2 atom stereocenters. The van der Waals surface area contributed by atoms with E-state index in [9.17, 15) is 14.0 Å². The van der Waals surface area contributed by atoms with Crippen molar-refractivity contribution >= 4 is 17.5 Å². The summed E-state index contributed by atoms with van der Waals surface area (Å²) in [4.78, 5) is 25.9. The molecular formula is C15H19FN2O2. The fourth-order valence-electron chi connectivity index (χ4n) is 2.66. The van der Waals surface area contributed by atoms with Gasteiger partial charge in [-0.25, -0.2) is 4.39 Å². The highest BCUT2D eigenvalue weighted by Crippen LogP contribution is 2.22. The third kappa shape index (κ3) is 3.15. The van der Waals surface area contributed by atoms with Crippen LogP contribution in [-0.4, -0.2) is 28.8 Å². The number of carbonyl (C=O) groups is 2. The largest absolute Gasteiger partial charge is 0.329 e. The van der Waals surface area contributed by atoms with Gasteiger partial charge >= 0.3 is 11.8 Å². The first-order valence-electron chi connectivity index (χ1n) is 6.88. The maximum Gasteiger partial charge on any atom is 0.313 e. The summed E-state index contributed by atoms with van der Waals surface area (Å²) in [6, 6.07) is 5.50. The Balaban J connectivity index is 2.04. The highest BCUT2D eigenvalue weighted by Gasteiger charge is 2.32. The summed E-state index contributed by atoms with van der Waals surface area (Å²) in [5.74, 6) is -1.57. The van der Waals surface area contributed by atoms with E-state index in [0.29, 0.717) is 5.69 Å². The van der Waals surface area contributed by atoms with E-state index in [0.717, 1.165) is 19.3 Å². The highest BCUT2D eigenvalue weighted by molar-refractivity contribution is 6.39. The lowest BCUT2D eigenvalue weighted by Gasteiger charge is -2.38. The van der Waals surface area contributed by atoms with Crippen LogP contribution in [0.1, 0.15) is 33.1 Å². The lowest BCUT2D eigenvalue weighted by atomic mass is 9.97. The van der Waals surface area contributed by atoms with Crippen LogP contribution >= 0.6 is 0 Å². The SMILES string of the molecule is CC1CCCC(C)N1C(=O)C(=O)Nc1ccc(F)cc1. The Morgan fingerprint density at radius 1 is 1.15 bits per heavy atom. The van der Waals surface area contributed by atoms with Crippen LogP contribution in [-0.2, 0) is 9.59 Å². The number of piperidine rings is 1. The van der Waals surface area contributed by atoms with Crippen LogP contribution in [0.25, 0.3) is 0 Å². The van der Waals surface area contributed by atoms with E-state index in [1.807, 2.05) is 13.8 Å². The van der Waals surface area contributed by atoms with Crippen molar-refractivity contribution in [3.05, 3.63) is 30.1 Å². The van der Waals surface area contributed by atoms with Gasteiger partial charge in [-0.2, -0.15) is 0 Å². The van der Waals surface area contributed by atoms with Gasteiger partial charge in [0.2, 0.25) is 0 Å². The first-order valence-corrected chi connectivity index (χ1v) is 6.88. The summed E-state index contributed by atoms with van der Waals surface area (Å²) in [7, 11) is 0. The fourth-order valence-corrected chi connectivity index (χ4v) is 2.66. The molecule has 0 spiro atoms. The fraction of sp³-hybridized carbons (Fsp3) is 0.467. The van der Waals surface area contributed by atoms with Gasteiger partial charge in [-0.15, -0.1) is 0 Å². The van der Waals surface area contributed by atoms with Gasteiger partial charge in [0, 0.05) is 17.8 Å². The van der Waals surface area contributed by atoms with Crippen molar-refractivity contribution in [3.8, 4) is 0 Å². The maximum absolute atomic E-state index is 12.8. The van der Waals surface area contributed by atoms with E-state index in [2.05, 4.69) is 5.32 Å². The topological polar surface area (TPSA) is 49.4 Å². The first kappa shape index (κ1) is 14.5. The molecule has 1 heterocycles. The summed E-state index contributed by atoms with van der Waals surface area (Å²) >= 11 is 0. The first-order chi connectivity index (χ1) is 9.49. The van der Waals surface area contributed by atoms with Crippen LogP contribution in [0.2, 0.25) is 0 Å². The van der Waals surface area contributed by atoms with Crippen LogP contribution in [0.3, 0.4) is 0 Å². The molecule has 1 aromatic carbocycles. The van der Waals surface area contributed by atoms with Crippen molar-refractivity contribution in [3.63, 3.8) is 0 Å². The van der Waals surface area contributed by atoms with Crippen LogP contribution in [0.4, 0.5) is 10.1 Å². The van der Waals surface area contributed by atoms with E-state index in [1.165, 1.54) is 24.3 Å². The molecule has 2 amide bonds. The van der Waals surface area contributed by atoms with Crippen molar-refractivity contribution in [1.82, 2.24) is 4.90 Å². The molecule has 1 fully saturated rings. The number of rotatable bonds is 1. The average molecular weight is 278 g/mol. The van der Waals surface area contributed by atoms with Gasteiger partial charge < -0.3 is 10.2 Å². The number of benzene rings is 1. The Kier molecular flexibility index (Phi) is 4.37. The lowest BCUT2D eigenvalue weighted by molar-refractivity contribution is -0.147. The number of carbonyl (C=O) groups excluding carboxylic acids is 2. The van der Waals surface area contributed by atoms with Gasteiger partial charge in [-0.05, 0) is 57.4 Å². The second-order valence-corrected chi connectivity index (χ2v) is 5.30. The van der Waals surface area contributed by atoms with Gasteiger partial charge in [-0.1, -0.05) is 0 Å². The van der Waals surface area contributed by atoms with Crippen molar-refractivity contribution in [2.45, 2.75) is 45.2 Å². The summed E-state index contributed by atoms with van der Waals surface area (Å²) < 4.78 is 12.8. The number of nitrogens with zero attached hydrogens (tertiary/aromatic N) is 1. The Hall–Kier alpha value is -1.91. The molecule has 1 aromatic rings. The smallest absolute Gasteiger partial charge is 0.313 e. The number of nitrogens with one attached hydrogen (secondary N) is 1. The van der Waals surface area contributed by atoms with Crippen molar-refractivity contribution in [1.29, 1.82) is 0 Å². The van der Waals surface area contributed by atoms with Crippen LogP contribution in [0, 0.1) is 5.82 Å². The van der Waals surface area contributed by atoms with E-state index in [1.54, 1.807) is 4.90 Å². The summed E-state index contributed by atoms with van der Waals surface area (Å²) in [5, 5.41) is 2.51. The summed E-state index contributed by atoms with van der Waals surface area (Å²) in [6.45, 7) is 3.91. The molecule has 1 N–H and O–H groups in total. The standard InChI is InChI=1S/C15H19FN2O2/c1-10-4-3-5-11(2)18(10)15(20)14(19)17-13-8-6-12(16)7-9-13/h6-11H,3-5H2,1-2H3,(H,17,19). The zero-order chi connectivity index (χ0) is 14.7. The summed E-state index contributed by atoms with van der Waals surface area (Å²) in [5.41, 5.74) is 0.419. The minimum absolute atomic E-state index is 0.0743. The molecule has 0 saturated carbocycles. The van der Waals surface area contributed by atoms with Gasteiger partial charge in [0.25, 0.3) is 0 Å². The Morgan fingerprint density at radius 2 is 1.70 bits per heavy atom. The Bertz CT molecular complexity index is 491. The minimum atomic E-state index is -0.669. The van der Waals surface area contributed by atoms with Gasteiger partial charge in [0.1, 0.15) is 5.82 Å². The van der Waals surface area contributed by atoms with Crippen molar-refractivity contribution in [2.24, 2.45) is 0 Å². The molecular weight excluding hydrogens is 259 g/mol. The van der Waals surface area contributed by atoms with Gasteiger partial charge in [-0.3, -0.25) is 9.59 Å². The highest BCUT2D eigenvalue weighted by atomic mass is 19.1. The molecule has 5 heteroatoms.